The van der Waals surface area contributed by atoms with Gasteiger partial charge in [-0.15, -0.1) is 12.6 Å². The lowest BCUT2D eigenvalue weighted by Crippen LogP contribution is -2.06. The first-order valence-corrected chi connectivity index (χ1v) is 4.55. The Balaban J connectivity index is 2.39. The first kappa shape index (κ1) is 7.74. The molecule has 1 aliphatic rings. The Morgan fingerprint density at radius 2 is 2.08 bits per heavy atom. The predicted octanol–water partition coefficient (Wildman–Crippen LogP) is 2.31. The second-order valence-electron chi connectivity index (χ2n) is 2.85. The molecule has 1 aromatic rings. The van der Waals surface area contributed by atoms with Gasteiger partial charge >= 0.3 is 0 Å². The first-order valence-electron chi connectivity index (χ1n) is 4.10. The van der Waals surface area contributed by atoms with Crippen LogP contribution < -0.4 is 5.32 Å². The van der Waals surface area contributed by atoms with Crippen LogP contribution in [0, 0.1) is 0 Å². The van der Waals surface area contributed by atoms with E-state index in [2.05, 4.69) is 30.1 Å². The molecule has 0 atom stereocenters. The maximum atomic E-state index is 4.39. The van der Waals surface area contributed by atoms with E-state index in [1.165, 1.54) is 11.3 Å². The lowest BCUT2D eigenvalue weighted by Gasteiger charge is -2.06. The van der Waals surface area contributed by atoms with Gasteiger partial charge in [-0.3, -0.25) is 0 Å². The summed E-state index contributed by atoms with van der Waals surface area (Å²) in [5, 5.41) is 3.33. The monoisotopic (exact) mass is 177 g/mol. The largest absolute Gasteiger partial charge is 0.384 e. The molecule has 0 radical (unpaired) electrons. The van der Waals surface area contributed by atoms with E-state index >= 15 is 0 Å². The lowest BCUT2D eigenvalue weighted by atomic mass is 10.1. The number of benzene rings is 1. The molecule has 1 nitrogen and oxygen atoms in total. The van der Waals surface area contributed by atoms with Crippen LogP contribution in [-0.4, -0.2) is 6.54 Å². The summed E-state index contributed by atoms with van der Waals surface area (Å²) < 4.78 is 0. The summed E-state index contributed by atoms with van der Waals surface area (Å²) in [6, 6.07) is 8.14. The molecule has 62 valence electrons. The molecule has 2 heteroatoms. The fraction of sp³-hybridized carbons (Fsp3) is 0.200. The highest BCUT2D eigenvalue weighted by atomic mass is 32.1. The Labute approximate surface area is 77.9 Å². The summed E-state index contributed by atoms with van der Waals surface area (Å²) in [5.74, 6) is 0. The van der Waals surface area contributed by atoms with Gasteiger partial charge in [-0.1, -0.05) is 24.3 Å². The molecule has 0 saturated heterocycles. The van der Waals surface area contributed by atoms with Crippen molar-refractivity contribution in [3.63, 3.8) is 0 Å². The summed E-state index contributed by atoms with van der Waals surface area (Å²) in [6.45, 7) is 1.05. The molecule has 2 rings (SSSR count). The molecular formula is C10H11NS. The third kappa shape index (κ3) is 1.34. The van der Waals surface area contributed by atoms with E-state index < -0.39 is 0 Å². The third-order valence-electron chi connectivity index (χ3n) is 2.00. The topological polar surface area (TPSA) is 12.0 Å². The second-order valence-corrected chi connectivity index (χ2v) is 3.33. The normalized spacial score (nSPS) is 15.6. The van der Waals surface area contributed by atoms with Crippen LogP contribution in [0.2, 0.25) is 0 Å². The SMILES string of the molecule is Sc1ccccc1C1=CCCN1. The average Bonchev–Trinajstić information content (AvgIpc) is 2.57. The van der Waals surface area contributed by atoms with Crippen LogP contribution in [0.4, 0.5) is 0 Å². The third-order valence-corrected chi connectivity index (χ3v) is 2.39. The van der Waals surface area contributed by atoms with Crippen LogP contribution in [0.15, 0.2) is 35.2 Å². The van der Waals surface area contributed by atoms with E-state index in [1.807, 2.05) is 18.2 Å². The van der Waals surface area contributed by atoms with Gasteiger partial charge in [0.05, 0.1) is 0 Å². The minimum Gasteiger partial charge on any atom is -0.384 e. The molecule has 1 N–H and O–H groups in total. The van der Waals surface area contributed by atoms with Crippen LogP contribution in [0.25, 0.3) is 5.70 Å². The predicted molar refractivity (Wildman–Crippen MR) is 54.3 cm³/mol. The second kappa shape index (κ2) is 3.23. The van der Waals surface area contributed by atoms with Crippen molar-refractivity contribution in [2.75, 3.05) is 6.54 Å². The van der Waals surface area contributed by atoms with Gasteiger partial charge in [0, 0.05) is 22.7 Å². The van der Waals surface area contributed by atoms with Gasteiger partial charge in [-0.05, 0) is 12.5 Å². The number of hydrogen-bond donors (Lipinski definition) is 2. The fourth-order valence-electron chi connectivity index (χ4n) is 1.40. The van der Waals surface area contributed by atoms with Gasteiger partial charge in [0.15, 0.2) is 0 Å². The molecule has 0 saturated carbocycles. The Kier molecular flexibility index (Phi) is 2.09. The highest BCUT2D eigenvalue weighted by Gasteiger charge is 2.07. The van der Waals surface area contributed by atoms with E-state index in [4.69, 9.17) is 0 Å². The maximum Gasteiger partial charge on any atom is 0.0385 e. The zero-order chi connectivity index (χ0) is 8.39. The molecule has 0 aliphatic carbocycles. The van der Waals surface area contributed by atoms with Crippen molar-refractivity contribution >= 4 is 18.3 Å². The van der Waals surface area contributed by atoms with Crippen molar-refractivity contribution in [1.82, 2.24) is 5.32 Å². The van der Waals surface area contributed by atoms with Crippen LogP contribution in [0.3, 0.4) is 0 Å². The number of rotatable bonds is 1. The summed E-state index contributed by atoms with van der Waals surface area (Å²) in [7, 11) is 0. The molecule has 1 aromatic carbocycles. The quantitative estimate of drug-likeness (QED) is 0.627. The minimum absolute atomic E-state index is 1.04. The Hall–Kier alpha value is -0.890. The molecule has 0 unspecified atom stereocenters. The number of nitrogens with one attached hydrogen (secondary N) is 1. The molecule has 1 heterocycles. The lowest BCUT2D eigenvalue weighted by molar-refractivity contribution is 0.926. The van der Waals surface area contributed by atoms with E-state index in [-0.39, 0.29) is 0 Å². The molecule has 1 aliphatic heterocycles. The van der Waals surface area contributed by atoms with E-state index in [9.17, 15) is 0 Å². The number of hydrogen-bond acceptors (Lipinski definition) is 2. The molecule has 0 amide bonds. The van der Waals surface area contributed by atoms with Crippen LogP contribution in [0.1, 0.15) is 12.0 Å². The smallest absolute Gasteiger partial charge is 0.0385 e. The van der Waals surface area contributed by atoms with Gasteiger partial charge in [-0.2, -0.15) is 0 Å². The van der Waals surface area contributed by atoms with E-state index in [0.29, 0.717) is 0 Å². The minimum atomic E-state index is 1.04. The van der Waals surface area contributed by atoms with Crippen molar-refractivity contribution in [3.05, 3.63) is 35.9 Å². The van der Waals surface area contributed by atoms with Crippen molar-refractivity contribution < 1.29 is 0 Å². The first-order chi connectivity index (χ1) is 5.88. The van der Waals surface area contributed by atoms with E-state index in [0.717, 1.165) is 17.9 Å². The standard InChI is InChI=1S/C10H11NS/c12-10-6-2-1-4-8(10)9-5-3-7-11-9/h1-2,4-6,11-12H,3,7H2. The van der Waals surface area contributed by atoms with Gasteiger partial charge in [-0.25, -0.2) is 0 Å². The summed E-state index contributed by atoms with van der Waals surface area (Å²) >= 11 is 4.39. The van der Waals surface area contributed by atoms with Gasteiger partial charge in [0.2, 0.25) is 0 Å². The van der Waals surface area contributed by atoms with E-state index in [1.54, 1.807) is 0 Å². The highest BCUT2D eigenvalue weighted by molar-refractivity contribution is 7.80. The van der Waals surface area contributed by atoms with Crippen LogP contribution >= 0.6 is 12.6 Å². The molecule has 0 spiro atoms. The summed E-state index contributed by atoms with van der Waals surface area (Å²) in [4.78, 5) is 1.04. The van der Waals surface area contributed by atoms with Crippen LogP contribution in [0.5, 0.6) is 0 Å². The Morgan fingerprint density at radius 3 is 2.75 bits per heavy atom. The molecule has 0 fully saturated rings. The van der Waals surface area contributed by atoms with Crippen molar-refractivity contribution in [1.29, 1.82) is 0 Å². The molecule has 0 bridgehead atoms. The van der Waals surface area contributed by atoms with Crippen molar-refractivity contribution in [3.8, 4) is 0 Å². The molecule has 12 heavy (non-hydrogen) atoms. The highest BCUT2D eigenvalue weighted by Crippen LogP contribution is 2.22. The maximum absolute atomic E-state index is 4.39. The fourth-order valence-corrected chi connectivity index (χ4v) is 1.68. The van der Waals surface area contributed by atoms with Crippen molar-refractivity contribution in [2.24, 2.45) is 0 Å². The number of thiol groups is 1. The average molecular weight is 177 g/mol. The van der Waals surface area contributed by atoms with Crippen molar-refractivity contribution in [2.45, 2.75) is 11.3 Å². The summed E-state index contributed by atoms with van der Waals surface area (Å²) in [6.07, 6.45) is 3.34. The Bertz CT molecular complexity index is 317. The van der Waals surface area contributed by atoms with Gasteiger partial charge < -0.3 is 5.32 Å². The molecule has 0 aromatic heterocycles. The zero-order valence-corrected chi connectivity index (χ0v) is 7.64. The van der Waals surface area contributed by atoms with Gasteiger partial charge in [0.25, 0.3) is 0 Å². The Morgan fingerprint density at radius 1 is 1.25 bits per heavy atom. The van der Waals surface area contributed by atoms with Gasteiger partial charge in [0.1, 0.15) is 0 Å². The molecular weight excluding hydrogens is 166 g/mol. The zero-order valence-electron chi connectivity index (χ0n) is 6.75. The van der Waals surface area contributed by atoms with Crippen LogP contribution in [-0.2, 0) is 0 Å². The summed E-state index contributed by atoms with van der Waals surface area (Å²) in [5.41, 5.74) is 2.43.